The van der Waals surface area contributed by atoms with Gasteiger partial charge in [0.2, 0.25) is 0 Å². The summed E-state index contributed by atoms with van der Waals surface area (Å²) in [7, 11) is 0. The van der Waals surface area contributed by atoms with Crippen LogP contribution < -0.4 is 0 Å². The Kier molecular flexibility index (Phi) is 3.82. The van der Waals surface area contributed by atoms with Gasteiger partial charge in [0.25, 0.3) is 0 Å². The molecule has 0 aliphatic carbocycles. The van der Waals surface area contributed by atoms with E-state index in [0.717, 1.165) is 12.1 Å². The number of halogens is 3. The Balaban J connectivity index is 2.90. The summed E-state index contributed by atoms with van der Waals surface area (Å²) < 4.78 is 36.9. The molecule has 0 aliphatic heterocycles. The highest BCUT2D eigenvalue weighted by atomic mass is 19.4. The fourth-order valence-electron chi connectivity index (χ4n) is 1.20. The normalized spacial score (nSPS) is 11.2. The number of benzene rings is 1. The second-order valence-corrected chi connectivity index (χ2v) is 3.21. The van der Waals surface area contributed by atoms with Crippen LogP contribution in [0.1, 0.15) is 28.8 Å². The van der Waals surface area contributed by atoms with Crippen molar-refractivity contribution in [2.24, 2.45) is 0 Å². The Bertz CT molecular complexity index is 396. The first kappa shape index (κ1) is 12.4. The van der Waals surface area contributed by atoms with Crippen LogP contribution in [0.3, 0.4) is 0 Å². The Labute approximate surface area is 90.1 Å². The number of hydrogen-bond donors (Lipinski definition) is 0. The van der Waals surface area contributed by atoms with Crippen molar-refractivity contribution in [3.05, 3.63) is 35.4 Å². The molecule has 0 bridgehead atoms. The van der Waals surface area contributed by atoms with E-state index in [4.69, 9.17) is 0 Å². The van der Waals surface area contributed by atoms with E-state index >= 15 is 0 Å². The molecular weight excluding hydrogens is 221 g/mol. The molecule has 2 nitrogen and oxygen atoms in total. The highest BCUT2D eigenvalue weighted by molar-refractivity contribution is 5.97. The van der Waals surface area contributed by atoms with Gasteiger partial charge < -0.3 is 4.79 Å². The zero-order valence-corrected chi connectivity index (χ0v) is 8.25. The number of alkyl halides is 3. The minimum Gasteiger partial charge on any atom is -0.303 e. The van der Waals surface area contributed by atoms with Gasteiger partial charge >= 0.3 is 6.18 Å². The first-order valence-corrected chi connectivity index (χ1v) is 4.59. The lowest BCUT2D eigenvalue weighted by molar-refractivity contribution is -0.137. The fourth-order valence-corrected chi connectivity index (χ4v) is 1.20. The zero-order valence-electron chi connectivity index (χ0n) is 8.25. The molecule has 0 atom stereocenters. The van der Waals surface area contributed by atoms with Gasteiger partial charge in [-0.25, -0.2) is 0 Å². The average Bonchev–Trinajstić information content (AvgIpc) is 2.25. The van der Waals surface area contributed by atoms with E-state index in [1.165, 1.54) is 12.1 Å². The van der Waals surface area contributed by atoms with Gasteiger partial charge in [-0.2, -0.15) is 13.2 Å². The maximum Gasteiger partial charge on any atom is 0.416 e. The maximum atomic E-state index is 12.3. The summed E-state index contributed by atoms with van der Waals surface area (Å²) in [6.45, 7) is 0. The third kappa shape index (κ3) is 3.18. The first-order chi connectivity index (χ1) is 7.45. The Morgan fingerprint density at radius 3 is 2.56 bits per heavy atom. The SMILES string of the molecule is O=CCCC(=O)c1cccc(C(F)(F)F)c1. The molecule has 0 saturated carbocycles. The molecule has 0 unspecified atom stereocenters. The molecule has 0 aliphatic rings. The maximum absolute atomic E-state index is 12.3. The lowest BCUT2D eigenvalue weighted by atomic mass is 10.0. The van der Waals surface area contributed by atoms with Gasteiger partial charge in [0.05, 0.1) is 5.56 Å². The van der Waals surface area contributed by atoms with Crippen molar-refractivity contribution >= 4 is 12.1 Å². The van der Waals surface area contributed by atoms with Gasteiger partial charge in [-0.1, -0.05) is 12.1 Å². The van der Waals surface area contributed by atoms with E-state index in [1.807, 2.05) is 0 Å². The summed E-state index contributed by atoms with van der Waals surface area (Å²) in [6, 6.07) is 4.18. The summed E-state index contributed by atoms with van der Waals surface area (Å²) in [4.78, 5) is 21.4. The van der Waals surface area contributed by atoms with Gasteiger partial charge in [0.1, 0.15) is 6.29 Å². The lowest BCUT2D eigenvalue weighted by Crippen LogP contribution is -2.07. The zero-order chi connectivity index (χ0) is 12.2. The first-order valence-electron chi connectivity index (χ1n) is 4.59. The number of carbonyl (C=O) groups excluding carboxylic acids is 2. The summed E-state index contributed by atoms with van der Waals surface area (Å²) in [5.74, 6) is -0.460. The second kappa shape index (κ2) is 4.92. The van der Waals surface area contributed by atoms with Crippen LogP contribution >= 0.6 is 0 Å². The molecule has 0 spiro atoms. The van der Waals surface area contributed by atoms with Crippen molar-refractivity contribution in [1.82, 2.24) is 0 Å². The number of rotatable bonds is 4. The summed E-state index contributed by atoms with van der Waals surface area (Å²) in [5, 5.41) is 0. The van der Waals surface area contributed by atoms with Gasteiger partial charge in [-0.15, -0.1) is 0 Å². The molecule has 0 aromatic heterocycles. The van der Waals surface area contributed by atoms with Gasteiger partial charge in [0, 0.05) is 18.4 Å². The standard InChI is InChI=1S/C11H9F3O2/c12-11(13,14)9-4-1-3-8(7-9)10(16)5-2-6-15/h1,3-4,6-7H,2,5H2. The van der Waals surface area contributed by atoms with Crippen molar-refractivity contribution in [1.29, 1.82) is 0 Å². The van der Waals surface area contributed by atoms with E-state index in [9.17, 15) is 22.8 Å². The average molecular weight is 230 g/mol. The van der Waals surface area contributed by atoms with Crippen LogP contribution in [-0.2, 0) is 11.0 Å². The van der Waals surface area contributed by atoms with E-state index in [-0.39, 0.29) is 18.4 Å². The number of ketones is 1. The molecule has 5 heteroatoms. The van der Waals surface area contributed by atoms with Crippen LogP contribution in [0.2, 0.25) is 0 Å². The van der Waals surface area contributed by atoms with Crippen LogP contribution in [0.5, 0.6) is 0 Å². The molecule has 16 heavy (non-hydrogen) atoms. The van der Waals surface area contributed by atoms with Crippen molar-refractivity contribution < 1.29 is 22.8 Å². The molecule has 0 saturated heterocycles. The highest BCUT2D eigenvalue weighted by Gasteiger charge is 2.30. The number of carbonyl (C=O) groups is 2. The second-order valence-electron chi connectivity index (χ2n) is 3.21. The minimum absolute atomic E-state index is 0.0170. The number of hydrogen-bond acceptors (Lipinski definition) is 2. The minimum atomic E-state index is -4.46. The Morgan fingerprint density at radius 1 is 1.31 bits per heavy atom. The highest BCUT2D eigenvalue weighted by Crippen LogP contribution is 2.29. The van der Waals surface area contributed by atoms with E-state index in [2.05, 4.69) is 0 Å². The van der Waals surface area contributed by atoms with Crippen molar-refractivity contribution in [2.75, 3.05) is 0 Å². The topological polar surface area (TPSA) is 34.1 Å². The van der Waals surface area contributed by atoms with Crippen LogP contribution in [0.4, 0.5) is 13.2 Å². The predicted molar refractivity (Wildman–Crippen MR) is 51.1 cm³/mol. The molecule has 1 aromatic carbocycles. The van der Waals surface area contributed by atoms with Gasteiger partial charge in [-0.3, -0.25) is 4.79 Å². The number of aldehydes is 1. The van der Waals surface area contributed by atoms with Crippen LogP contribution in [0, 0.1) is 0 Å². The molecule has 0 heterocycles. The van der Waals surface area contributed by atoms with Crippen molar-refractivity contribution in [2.45, 2.75) is 19.0 Å². The summed E-state index contributed by atoms with van der Waals surface area (Å²) >= 11 is 0. The molecule has 0 N–H and O–H groups in total. The fraction of sp³-hybridized carbons (Fsp3) is 0.273. The smallest absolute Gasteiger partial charge is 0.303 e. The molecule has 0 fully saturated rings. The molecular formula is C11H9F3O2. The third-order valence-electron chi connectivity index (χ3n) is 2.00. The van der Waals surface area contributed by atoms with Crippen molar-refractivity contribution in [3.63, 3.8) is 0 Å². The Hall–Kier alpha value is -1.65. The number of Topliss-reactive ketones (excluding diaryl/α,β-unsaturated/α-hetero) is 1. The van der Waals surface area contributed by atoms with Crippen LogP contribution in [0.25, 0.3) is 0 Å². The third-order valence-corrected chi connectivity index (χ3v) is 2.00. The molecule has 0 radical (unpaired) electrons. The quantitative estimate of drug-likeness (QED) is 0.588. The summed E-state index contributed by atoms with van der Waals surface area (Å²) in [6.07, 6.45) is -3.94. The molecule has 1 rings (SSSR count). The molecule has 86 valence electrons. The lowest BCUT2D eigenvalue weighted by Gasteiger charge is -2.07. The van der Waals surface area contributed by atoms with Gasteiger partial charge in [0.15, 0.2) is 5.78 Å². The molecule has 1 aromatic rings. The van der Waals surface area contributed by atoms with E-state index in [0.29, 0.717) is 6.29 Å². The monoisotopic (exact) mass is 230 g/mol. The molecule has 0 amide bonds. The van der Waals surface area contributed by atoms with E-state index < -0.39 is 17.5 Å². The van der Waals surface area contributed by atoms with E-state index in [1.54, 1.807) is 0 Å². The van der Waals surface area contributed by atoms with Crippen LogP contribution in [0.15, 0.2) is 24.3 Å². The largest absolute Gasteiger partial charge is 0.416 e. The Morgan fingerprint density at radius 2 is 2.00 bits per heavy atom. The van der Waals surface area contributed by atoms with Crippen molar-refractivity contribution in [3.8, 4) is 0 Å². The predicted octanol–water partition coefficient (Wildman–Crippen LogP) is 2.87. The summed E-state index contributed by atoms with van der Waals surface area (Å²) in [5.41, 5.74) is -0.874. The van der Waals surface area contributed by atoms with Crippen LogP contribution in [-0.4, -0.2) is 12.1 Å². The van der Waals surface area contributed by atoms with Gasteiger partial charge in [-0.05, 0) is 12.1 Å².